The topological polar surface area (TPSA) is 38.7 Å². The van der Waals surface area contributed by atoms with E-state index in [1.165, 1.54) is 0 Å². The van der Waals surface area contributed by atoms with Crippen molar-refractivity contribution in [2.75, 3.05) is 14.2 Å². The van der Waals surface area contributed by atoms with Crippen LogP contribution in [0.3, 0.4) is 0 Å². The summed E-state index contributed by atoms with van der Waals surface area (Å²) >= 11 is 1.56. The minimum absolute atomic E-state index is 0.628. The van der Waals surface area contributed by atoms with E-state index in [2.05, 4.69) is 0 Å². The molecule has 1 unspecified atom stereocenters. The second-order valence-electron chi connectivity index (χ2n) is 3.57. The summed E-state index contributed by atoms with van der Waals surface area (Å²) in [6.07, 6.45) is -0.665. The van der Waals surface area contributed by atoms with Crippen LogP contribution >= 0.6 is 11.3 Å². The summed E-state index contributed by atoms with van der Waals surface area (Å²) in [7, 11) is 3.18. The Kier molecular flexibility index (Phi) is 3.66. The normalized spacial score (nSPS) is 12.2. The maximum absolute atomic E-state index is 10.2. The Bertz CT molecular complexity index is 479. The van der Waals surface area contributed by atoms with E-state index in [0.717, 1.165) is 11.1 Å². The highest BCUT2D eigenvalue weighted by Gasteiger charge is 2.16. The fourth-order valence-electron chi connectivity index (χ4n) is 1.65. The molecule has 3 nitrogen and oxygen atoms in total. The monoisotopic (exact) mass is 250 g/mol. The molecule has 0 spiro atoms. The molecule has 4 heteroatoms. The number of thiophene rings is 1. The lowest BCUT2D eigenvalue weighted by Gasteiger charge is -2.14. The summed E-state index contributed by atoms with van der Waals surface area (Å²) in [5.41, 5.74) is 1.62. The lowest BCUT2D eigenvalue weighted by Crippen LogP contribution is -2.01. The quantitative estimate of drug-likeness (QED) is 0.906. The van der Waals surface area contributed by atoms with Crippen molar-refractivity contribution in [3.63, 3.8) is 0 Å². The van der Waals surface area contributed by atoms with Gasteiger partial charge in [-0.05, 0) is 34.5 Å². The predicted octanol–water partition coefficient (Wildman–Crippen LogP) is 2.85. The minimum atomic E-state index is -0.665. The van der Waals surface area contributed by atoms with E-state index >= 15 is 0 Å². The molecule has 1 aromatic heterocycles. The maximum Gasteiger partial charge on any atom is 0.128 e. The molecular formula is C13H14O3S. The number of hydrogen-bond donors (Lipinski definition) is 1. The molecule has 0 amide bonds. The fraction of sp³-hybridized carbons (Fsp3) is 0.231. The van der Waals surface area contributed by atoms with Crippen molar-refractivity contribution in [1.82, 2.24) is 0 Å². The van der Waals surface area contributed by atoms with Crippen molar-refractivity contribution in [2.45, 2.75) is 6.10 Å². The lowest BCUT2D eigenvalue weighted by atomic mass is 10.0. The fourth-order valence-corrected chi connectivity index (χ4v) is 2.33. The summed E-state index contributed by atoms with van der Waals surface area (Å²) in [4.78, 5) is 0. The number of methoxy groups -OCH3 is 2. The van der Waals surface area contributed by atoms with Gasteiger partial charge in [-0.1, -0.05) is 0 Å². The highest BCUT2D eigenvalue weighted by molar-refractivity contribution is 7.07. The molecule has 0 aliphatic carbocycles. The smallest absolute Gasteiger partial charge is 0.128 e. The van der Waals surface area contributed by atoms with Gasteiger partial charge in [0.05, 0.1) is 14.2 Å². The van der Waals surface area contributed by atoms with Crippen LogP contribution in [0, 0.1) is 0 Å². The van der Waals surface area contributed by atoms with E-state index < -0.39 is 6.10 Å². The molecule has 0 saturated heterocycles. The summed E-state index contributed by atoms with van der Waals surface area (Å²) < 4.78 is 10.4. The van der Waals surface area contributed by atoms with Gasteiger partial charge in [-0.3, -0.25) is 0 Å². The molecular weight excluding hydrogens is 236 g/mol. The van der Waals surface area contributed by atoms with Crippen LogP contribution in [0.5, 0.6) is 11.5 Å². The molecule has 2 aromatic rings. The Morgan fingerprint density at radius 1 is 1.18 bits per heavy atom. The van der Waals surface area contributed by atoms with Crippen LogP contribution in [0.1, 0.15) is 17.2 Å². The third kappa shape index (κ3) is 2.43. The largest absolute Gasteiger partial charge is 0.497 e. The molecule has 2 rings (SSSR count). The molecule has 0 saturated carbocycles. The zero-order valence-corrected chi connectivity index (χ0v) is 10.5. The third-order valence-electron chi connectivity index (χ3n) is 2.59. The molecule has 17 heavy (non-hydrogen) atoms. The van der Waals surface area contributed by atoms with E-state index in [1.54, 1.807) is 31.6 Å². The first-order valence-electron chi connectivity index (χ1n) is 5.18. The number of rotatable bonds is 4. The van der Waals surface area contributed by atoms with Gasteiger partial charge in [0.2, 0.25) is 0 Å². The maximum atomic E-state index is 10.2. The number of ether oxygens (including phenoxy) is 2. The SMILES string of the molecule is COc1ccc(C(O)c2ccsc2)c(OC)c1. The van der Waals surface area contributed by atoms with Gasteiger partial charge in [-0.25, -0.2) is 0 Å². The molecule has 1 aromatic carbocycles. The zero-order valence-electron chi connectivity index (χ0n) is 9.71. The second kappa shape index (κ2) is 5.21. The average Bonchev–Trinajstić information content (AvgIpc) is 2.91. The van der Waals surface area contributed by atoms with Crippen LogP contribution < -0.4 is 9.47 Å². The Hall–Kier alpha value is -1.52. The van der Waals surface area contributed by atoms with Crippen molar-refractivity contribution < 1.29 is 14.6 Å². The number of hydrogen-bond acceptors (Lipinski definition) is 4. The standard InChI is InChI=1S/C13H14O3S/c1-15-10-3-4-11(12(7-10)16-2)13(14)9-5-6-17-8-9/h3-8,13-14H,1-2H3. The molecule has 90 valence electrons. The number of aliphatic hydroxyl groups is 1. The van der Waals surface area contributed by atoms with Gasteiger partial charge in [0.15, 0.2) is 0 Å². The summed E-state index contributed by atoms with van der Waals surface area (Å²) in [5, 5.41) is 14.1. The lowest BCUT2D eigenvalue weighted by molar-refractivity contribution is 0.215. The Balaban J connectivity index is 2.38. The first-order valence-corrected chi connectivity index (χ1v) is 6.12. The van der Waals surface area contributed by atoms with Gasteiger partial charge >= 0.3 is 0 Å². The molecule has 0 fully saturated rings. The van der Waals surface area contributed by atoms with Crippen molar-refractivity contribution in [3.8, 4) is 11.5 Å². The highest BCUT2D eigenvalue weighted by Crippen LogP contribution is 2.33. The first-order chi connectivity index (χ1) is 8.26. The van der Waals surface area contributed by atoms with Gasteiger partial charge < -0.3 is 14.6 Å². The molecule has 0 bridgehead atoms. The molecule has 0 radical (unpaired) electrons. The van der Waals surface area contributed by atoms with E-state index in [4.69, 9.17) is 9.47 Å². The minimum Gasteiger partial charge on any atom is -0.497 e. The van der Waals surface area contributed by atoms with Crippen LogP contribution in [0.4, 0.5) is 0 Å². The molecule has 1 N–H and O–H groups in total. The van der Waals surface area contributed by atoms with Gasteiger partial charge in [0, 0.05) is 11.6 Å². The van der Waals surface area contributed by atoms with Crippen LogP contribution in [-0.2, 0) is 0 Å². The van der Waals surface area contributed by atoms with Gasteiger partial charge in [-0.15, -0.1) is 0 Å². The second-order valence-corrected chi connectivity index (χ2v) is 4.35. The van der Waals surface area contributed by atoms with E-state index in [1.807, 2.05) is 29.0 Å². The Morgan fingerprint density at radius 2 is 2.00 bits per heavy atom. The molecule has 1 atom stereocenters. The van der Waals surface area contributed by atoms with Crippen LogP contribution in [-0.4, -0.2) is 19.3 Å². The average molecular weight is 250 g/mol. The molecule has 0 aliphatic rings. The van der Waals surface area contributed by atoms with E-state index in [0.29, 0.717) is 11.5 Å². The predicted molar refractivity (Wildman–Crippen MR) is 67.9 cm³/mol. The van der Waals surface area contributed by atoms with E-state index in [-0.39, 0.29) is 0 Å². The highest BCUT2D eigenvalue weighted by atomic mass is 32.1. The molecule has 1 heterocycles. The van der Waals surface area contributed by atoms with Crippen molar-refractivity contribution in [1.29, 1.82) is 0 Å². The molecule has 0 aliphatic heterocycles. The van der Waals surface area contributed by atoms with Crippen molar-refractivity contribution in [3.05, 3.63) is 46.2 Å². The van der Waals surface area contributed by atoms with Crippen LogP contribution in [0.2, 0.25) is 0 Å². The number of benzene rings is 1. The first kappa shape index (κ1) is 12.0. The Labute approximate surface area is 104 Å². The number of aliphatic hydroxyl groups excluding tert-OH is 1. The summed E-state index contributed by atoms with van der Waals surface area (Å²) in [6, 6.07) is 7.30. The summed E-state index contributed by atoms with van der Waals surface area (Å²) in [6.45, 7) is 0. The van der Waals surface area contributed by atoms with Gasteiger partial charge in [-0.2, -0.15) is 11.3 Å². The van der Waals surface area contributed by atoms with Crippen LogP contribution in [0.25, 0.3) is 0 Å². The van der Waals surface area contributed by atoms with Crippen LogP contribution in [0.15, 0.2) is 35.0 Å². The summed E-state index contributed by atoms with van der Waals surface area (Å²) in [5.74, 6) is 1.34. The Morgan fingerprint density at radius 3 is 2.59 bits per heavy atom. The third-order valence-corrected chi connectivity index (χ3v) is 3.30. The van der Waals surface area contributed by atoms with Crippen molar-refractivity contribution >= 4 is 11.3 Å². The van der Waals surface area contributed by atoms with Crippen molar-refractivity contribution in [2.24, 2.45) is 0 Å². The van der Waals surface area contributed by atoms with Gasteiger partial charge in [0.25, 0.3) is 0 Å². The van der Waals surface area contributed by atoms with E-state index in [9.17, 15) is 5.11 Å². The zero-order chi connectivity index (χ0) is 12.3. The van der Waals surface area contributed by atoms with Gasteiger partial charge in [0.1, 0.15) is 17.6 Å².